The van der Waals surface area contributed by atoms with Gasteiger partial charge in [-0.3, -0.25) is 4.68 Å². The van der Waals surface area contributed by atoms with Crippen LogP contribution in [-0.4, -0.2) is 9.78 Å². The zero-order valence-electron chi connectivity index (χ0n) is 11.6. The van der Waals surface area contributed by atoms with Crippen LogP contribution in [0, 0.1) is 13.8 Å². The van der Waals surface area contributed by atoms with Gasteiger partial charge >= 0.3 is 0 Å². The summed E-state index contributed by atoms with van der Waals surface area (Å²) in [7, 11) is 0. The topological polar surface area (TPSA) is 43.8 Å². The van der Waals surface area contributed by atoms with Gasteiger partial charge in [-0.15, -0.1) is 0 Å². The van der Waals surface area contributed by atoms with Crippen LogP contribution < -0.4 is 5.73 Å². The monoisotopic (exact) mass is 243 g/mol. The highest BCUT2D eigenvalue weighted by molar-refractivity contribution is 5.71. The van der Waals surface area contributed by atoms with Gasteiger partial charge in [-0.05, 0) is 50.5 Å². The molecular formula is C15H21N3. The Labute approximate surface area is 109 Å². The summed E-state index contributed by atoms with van der Waals surface area (Å²) in [5.41, 5.74) is 12.8. The number of nitrogen functional groups attached to an aromatic ring is 1. The largest absolute Gasteiger partial charge is 0.399 e. The van der Waals surface area contributed by atoms with E-state index in [1.807, 2.05) is 10.7 Å². The van der Waals surface area contributed by atoms with Crippen LogP contribution in [0.15, 0.2) is 18.2 Å². The lowest BCUT2D eigenvalue weighted by atomic mass is 9.99. The van der Waals surface area contributed by atoms with Crippen molar-refractivity contribution in [2.24, 2.45) is 0 Å². The van der Waals surface area contributed by atoms with E-state index in [0.29, 0.717) is 0 Å². The molecule has 0 radical (unpaired) electrons. The first-order valence-electron chi connectivity index (χ1n) is 6.51. The SMILES string of the molecule is CCc1cc(-c2c(C)nn(CC)c2C)ccc1N. The second-order valence-corrected chi connectivity index (χ2v) is 4.63. The van der Waals surface area contributed by atoms with Gasteiger partial charge in [0, 0.05) is 23.5 Å². The molecule has 2 N–H and O–H groups in total. The minimum Gasteiger partial charge on any atom is -0.399 e. The van der Waals surface area contributed by atoms with Crippen LogP contribution in [0.5, 0.6) is 0 Å². The Kier molecular flexibility index (Phi) is 3.41. The normalized spacial score (nSPS) is 10.9. The number of anilines is 1. The summed E-state index contributed by atoms with van der Waals surface area (Å²) in [5, 5.41) is 4.57. The molecule has 0 spiro atoms. The summed E-state index contributed by atoms with van der Waals surface area (Å²) < 4.78 is 2.05. The highest BCUT2D eigenvalue weighted by Crippen LogP contribution is 2.29. The number of aryl methyl sites for hydroxylation is 3. The van der Waals surface area contributed by atoms with E-state index < -0.39 is 0 Å². The van der Waals surface area contributed by atoms with E-state index in [1.54, 1.807) is 0 Å². The smallest absolute Gasteiger partial charge is 0.0674 e. The Morgan fingerprint density at radius 1 is 1.22 bits per heavy atom. The average molecular weight is 243 g/mol. The summed E-state index contributed by atoms with van der Waals surface area (Å²) in [6.07, 6.45) is 0.958. The predicted octanol–water partition coefficient (Wildman–Crippen LogP) is 3.33. The minimum atomic E-state index is 0.874. The number of nitrogens with two attached hydrogens (primary N) is 1. The molecule has 0 aliphatic carbocycles. The van der Waals surface area contributed by atoms with Gasteiger partial charge in [0.05, 0.1) is 5.69 Å². The maximum atomic E-state index is 5.96. The molecule has 2 rings (SSSR count). The van der Waals surface area contributed by atoms with Crippen LogP contribution in [0.3, 0.4) is 0 Å². The van der Waals surface area contributed by atoms with Crippen LogP contribution in [0.25, 0.3) is 11.1 Å². The van der Waals surface area contributed by atoms with Crippen LogP contribution in [0.4, 0.5) is 5.69 Å². The van der Waals surface area contributed by atoms with E-state index in [4.69, 9.17) is 5.73 Å². The van der Waals surface area contributed by atoms with Gasteiger partial charge in [-0.2, -0.15) is 5.10 Å². The third kappa shape index (κ3) is 2.01. The molecule has 0 aliphatic heterocycles. The Hall–Kier alpha value is -1.77. The van der Waals surface area contributed by atoms with E-state index in [9.17, 15) is 0 Å². The fourth-order valence-electron chi connectivity index (χ4n) is 2.49. The van der Waals surface area contributed by atoms with E-state index in [1.165, 1.54) is 22.4 Å². The van der Waals surface area contributed by atoms with E-state index in [2.05, 4.69) is 44.9 Å². The van der Waals surface area contributed by atoms with Crippen LogP contribution in [0.2, 0.25) is 0 Å². The molecule has 0 aliphatic rings. The first-order chi connectivity index (χ1) is 8.58. The number of benzene rings is 1. The van der Waals surface area contributed by atoms with Crippen molar-refractivity contribution >= 4 is 5.69 Å². The van der Waals surface area contributed by atoms with Crippen molar-refractivity contribution in [2.45, 2.75) is 40.7 Å². The highest BCUT2D eigenvalue weighted by atomic mass is 15.3. The molecule has 2 aromatic rings. The molecule has 0 saturated carbocycles. The number of rotatable bonds is 3. The molecule has 18 heavy (non-hydrogen) atoms. The molecule has 0 fully saturated rings. The van der Waals surface area contributed by atoms with Gasteiger partial charge in [0.15, 0.2) is 0 Å². The first kappa shape index (κ1) is 12.7. The van der Waals surface area contributed by atoms with E-state index in [0.717, 1.165) is 24.3 Å². The number of aromatic nitrogens is 2. The molecule has 0 unspecified atom stereocenters. The fourth-order valence-corrected chi connectivity index (χ4v) is 2.49. The van der Waals surface area contributed by atoms with Gasteiger partial charge in [0.2, 0.25) is 0 Å². The van der Waals surface area contributed by atoms with Gasteiger partial charge in [-0.1, -0.05) is 13.0 Å². The molecule has 3 heteroatoms. The third-order valence-corrected chi connectivity index (χ3v) is 3.49. The van der Waals surface area contributed by atoms with Gasteiger partial charge < -0.3 is 5.73 Å². The van der Waals surface area contributed by atoms with Crippen molar-refractivity contribution in [1.29, 1.82) is 0 Å². The minimum absolute atomic E-state index is 0.874. The highest BCUT2D eigenvalue weighted by Gasteiger charge is 2.13. The van der Waals surface area contributed by atoms with Crippen molar-refractivity contribution < 1.29 is 0 Å². The Morgan fingerprint density at radius 2 is 1.94 bits per heavy atom. The Bertz CT molecular complexity index is 567. The molecule has 96 valence electrons. The van der Waals surface area contributed by atoms with Crippen molar-refractivity contribution in [3.63, 3.8) is 0 Å². The summed E-state index contributed by atoms with van der Waals surface area (Å²) in [6, 6.07) is 6.27. The van der Waals surface area contributed by atoms with Crippen LogP contribution in [0.1, 0.15) is 30.8 Å². The van der Waals surface area contributed by atoms with Gasteiger partial charge in [-0.25, -0.2) is 0 Å². The summed E-state index contributed by atoms with van der Waals surface area (Å²) in [6.45, 7) is 9.34. The quantitative estimate of drug-likeness (QED) is 0.840. The third-order valence-electron chi connectivity index (χ3n) is 3.49. The molecule has 0 atom stereocenters. The maximum Gasteiger partial charge on any atom is 0.0674 e. The van der Waals surface area contributed by atoms with Crippen molar-refractivity contribution in [2.75, 3.05) is 5.73 Å². The lowest BCUT2D eigenvalue weighted by molar-refractivity contribution is 0.634. The molecule has 0 saturated heterocycles. The summed E-state index contributed by atoms with van der Waals surface area (Å²) in [5.74, 6) is 0. The Morgan fingerprint density at radius 3 is 2.50 bits per heavy atom. The van der Waals surface area contributed by atoms with Crippen molar-refractivity contribution in [3.05, 3.63) is 35.2 Å². The molecule has 1 aromatic carbocycles. The van der Waals surface area contributed by atoms with Crippen LogP contribution >= 0.6 is 0 Å². The van der Waals surface area contributed by atoms with Crippen molar-refractivity contribution in [1.82, 2.24) is 9.78 Å². The zero-order valence-corrected chi connectivity index (χ0v) is 11.6. The summed E-state index contributed by atoms with van der Waals surface area (Å²) >= 11 is 0. The number of hydrogen-bond acceptors (Lipinski definition) is 2. The predicted molar refractivity (Wildman–Crippen MR) is 76.6 cm³/mol. The molecule has 3 nitrogen and oxygen atoms in total. The molecular weight excluding hydrogens is 222 g/mol. The van der Waals surface area contributed by atoms with Gasteiger partial charge in [0.1, 0.15) is 0 Å². The standard InChI is InChI=1S/C15H21N3/c1-5-12-9-13(7-8-14(12)16)15-10(3)17-18(6-2)11(15)4/h7-9H,5-6,16H2,1-4H3. The second kappa shape index (κ2) is 4.84. The molecule has 0 amide bonds. The number of hydrogen-bond donors (Lipinski definition) is 1. The number of nitrogens with zero attached hydrogens (tertiary/aromatic N) is 2. The maximum absolute atomic E-state index is 5.96. The lowest BCUT2D eigenvalue weighted by Gasteiger charge is -2.08. The average Bonchev–Trinajstić information content (AvgIpc) is 2.65. The molecule has 0 bridgehead atoms. The van der Waals surface area contributed by atoms with Gasteiger partial charge in [0.25, 0.3) is 0 Å². The van der Waals surface area contributed by atoms with E-state index >= 15 is 0 Å². The van der Waals surface area contributed by atoms with E-state index in [-0.39, 0.29) is 0 Å². The summed E-state index contributed by atoms with van der Waals surface area (Å²) in [4.78, 5) is 0. The fraction of sp³-hybridized carbons (Fsp3) is 0.400. The van der Waals surface area contributed by atoms with Crippen LogP contribution in [-0.2, 0) is 13.0 Å². The second-order valence-electron chi connectivity index (χ2n) is 4.63. The Balaban J connectivity index is 2.58. The first-order valence-corrected chi connectivity index (χ1v) is 6.51. The zero-order chi connectivity index (χ0) is 13.3. The van der Waals surface area contributed by atoms with Crippen molar-refractivity contribution in [3.8, 4) is 11.1 Å². The molecule has 1 heterocycles. The molecule has 1 aromatic heterocycles. The lowest BCUT2D eigenvalue weighted by Crippen LogP contribution is -1.99.